The number of hydrogen-bond acceptors (Lipinski definition) is 5. The number of amides is 1. The summed E-state index contributed by atoms with van der Waals surface area (Å²) in [6, 6.07) is 1.88. The van der Waals surface area contributed by atoms with Gasteiger partial charge in [-0.15, -0.1) is 22.7 Å². The molecule has 0 aliphatic carbocycles. The van der Waals surface area contributed by atoms with Crippen LogP contribution in [0.5, 0.6) is 0 Å². The van der Waals surface area contributed by atoms with Gasteiger partial charge in [-0.3, -0.25) is 4.79 Å². The van der Waals surface area contributed by atoms with Crippen LogP contribution in [0.4, 0.5) is 0 Å². The maximum atomic E-state index is 12.1. The van der Waals surface area contributed by atoms with Crippen LogP contribution in [0.2, 0.25) is 0 Å². The highest BCUT2D eigenvalue weighted by Crippen LogP contribution is 2.22. The van der Waals surface area contributed by atoms with Gasteiger partial charge in [0.15, 0.2) is 0 Å². The summed E-state index contributed by atoms with van der Waals surface area (Å²) in [5, 5.41) is 12.4. The Morgan fingerprint density at radius 3 is 2.57 bits per heavy atom. The van der Waals surface area contributed by atoms with E-state index in [1.54, 1.807) is 6.92 Å². The molecule has 0 bridgehead atoms. The van der Waals surface area contributed by atoms with Crippen molar-refractivity contribution < 1.29 is 14.7 Å². The highest BCUT2D eigenvalue weighted by molar-refractivity contribution is 7.14. The number of thiazole rings is 1. The van der Waals surface area contributed by atoms with Gasteiger partial charge in [-0.25, -0.2) is 9.78 Å². The van der Waals surface area contributed by atoms with Crippen LogP contribution in [0.15, 0.2) is 6.07 Å². The summed E-state index contributed by atoms with van der Waals surface area (Å²) in [5.41, 5.74) is 1.61. The minimum atomic E-state index is -0.982. The first-order chi connectivity index (χ1) is 9.92. The first-order valence-corrected chi connectivity index (χ1v) is 8.12. The fourth-order valence-electron chi connectivity index (χ4n) is 1.95. The number of aromatic carboxylic acids is 1. The third kappa shape index (κ3) is 3.48. The maximum Gasteiger partial charge on any atom is 0.347 e. The molecule has 112 valence electrons. The number of carbonyl (C=O) groups excluding carboxylic acids is 1. The Morgan fingerprint density at radius 2 is 2.05 bits per heavy atom. The predicted molar refractivity (Wildman–Crippen MR) is 83.4 cm³/mol. The molecule has 1 amide bonds. The minimum Gasteiger partial charge on any atom is -0.477 e. The zero-order valence-corrected chi connectivity index (χ0v) is 13.7. The molecule has 0 aliphatic rings. The molecule has 2 aromatic rings. The number of carboxylic acid groups (broad SMARTS) is 1. The molecule has 0 radical (unpaired) electrons. The van der Waals surface area contributed by atoms with Crippen LogP contribution in [-0.4, -0.2) is 22.0 Å². The van der Waals surface area contributed by atoms with Crippen molar-refractivity contribution in [3.05, 3.63) is 37.0 Å². The number of nitrogens with zero attached hydrogens (tertiary/aromatic N) is 1. The van der Waals surface area contributed by atoms with Crippen LogP contribution in [0, 0.1) is 13.8 Å². The van der Waals surface area contributed by atoms with Crippen LogP contribution < -0.4 is 5.32 Å². The average Bonchev–Trinajstić information content (AvgIpc) is 2.99. The fourth-order valence-corrected chi connectivity index (χ4v) is 3.83. The molecule has 0 saturated carbocycles. The number of thiophene rings is 1. The zero-order valence-electron chi connectivity index (χ0n) is 12.0. The van der Waals surface area contributed by atoms with Crippen LogP contribution in [0.25, 0.3) is 0 Å². The molecule has 21 heavy (non-hydrogen) atoms. The number of aromatic nitrogens is 1. The lowest BCUT2D eigenvalue weighted by atomic mass is 10.2. The number of carbonyl (C=O) groups is 2. The SMILES string of the molecule is CCc1sc(C(=O)NCc2nc(C)c(C(=O)O)s2)cc1C. The smallest absolute Gasteiger partial charge is 0.347 e. The van der Waals surface area contributed by atoms with Gasteiger partial charge >= 0.3 is 5.97 Å². The van der Waals surface area contributed by atoms with Crippen LogP contribution in [-0.2, 0) is 13.0 Å². The van der Waals surface area contributed by atoms with Crippen molar-refractivity contribution in [2.24, 2.45) is 0 Å². The van der Waals surface area contributed by atoms with Crippen molar-refractivity contribution in [1.29, 1.82) is 0 Å². The summed E-state index contributed by atoms with van der Waals surface area (Å²) in [6.45, 7) is 5.96. The standard InChI is InChI=1S/C14H16N2O3S2/c1-4-9-7(2)5-10(20-9)13(17)15-6-11-16-8(3)12(21-11)14(18)19/h5H,4,6H2,1-3H3,(H,15,17)(H,18,19). The second kappa shape index (κ2) is 6.36. The van der Waals surface area contributed by atoms with E-state index in [4.69, 9.17) is 5.11 Å². The molecular weight excluding hydrogens is 308 g/mol. The molecule has 2 N–H and O–H groups in total. The Bertz CT molecular complexity index is 688. The van der Waals surface area contributed by atoms with E-state index in [0.29, 0.717) is 15.6 Å². The fraction of sp³-hybridized carbons (Fsp3) is 0.357. The Hall–Kier alpha value is -1.73. The predicted octanol–water partition coefficient (Wildman–Crippen LogP) is 3.01. The average molecular weight is 324 g/mol. The zero-order chi connectivity index (χ0) is 15.6. The van der Waals surface area contributed by atoms with Gasteiger partial charge in [0.25, 0.3) is 5.91 Å². The molecule has 0 aromatic carbocycles. The number of rotatable bonds is 5. The first kappa shape index (κ1) is 15.7. The summed E-state index contributed by atoms with van der Waals surface area (Å²) in [6.07, 6.45) is 0.914. The number of hydrogen-bond donors (Lipinski definition) is 2. The van der Waals surface area contributed by atoms with E-state index < -0.39 is 5.97 Å². The quantitative estimate of drug-likeness (QED) is 0.886. The van der Waals surface area contributed by atoms with Gasteiger partial charge in [0.05, 0.1) is 17.1 Å². The lowest BCUT2D eigenvalue weighted by Crippen LogP contribution is -2.21. The Morgan fingerprint density at radius 1 is 1.33 bits per heavy atom. The highest BCUT2D eigenvalue weighted by atomic mass is 32.1. The van der Waals surface area contributed by atoms with Gasteiger partial charge in [-0.1, -0.05) is 6.92 Å². The monoisotopic (exact) mass is 324 g/mol. The van der Waals surface area contributed by atoms with Crippen molar-refractivity contribution in [1.82, 2.24) is 10.3 Å². The molecule has 5 nitrogen and oxygen atoms in total. The van der Waals surface area contributed by atoms with Crippen LogP contribution in [0.1, 0.15) is 47.4 Å². The second-order valence-corrected chi connectivity index (χ2v) is 6.80. The van der Waals surface area contributed by atoms with E-state index >= 15 is 0 Å². The molecule has 0 spiro atoms. The number of nitrogens with one attached hydrogen (secondary N) is 1. The lowest BCUT2D eigenvalue weighted by molar-refractivity contribution is 0.0701. The normalized spacial score (nSPS) is 10.6. The number of carboxylic acids is 1. The molecule has 0 fully saturated rings. The molecule has 0 atom stereocenters. The lowest BCUT2D eigenvalue weighted by Gasteiger charge is -1.99. The molecule has 0 unspecified atom stereocenters. The summed E-state index contributed by atoms with van der Waals surface area (Å²) in [4.78, 5) is 29.3. The summed E-state index contributed by atoms with van der Waals surface area (Å²) in [7, 11) is 0. The molecular formula is C14H16N2O3S2. The first-order valence-electron chi connectivity index (χ1n) is 6.49. The van der Waals surface area contributed by atoms with E-state index in [1.165, 1.54) is 16.2 Å². The summed E-state index contributed by atoms with van der Waals surface area (Å²) >= 11 is 2.59. The van der Waals surface area contributed by atoms with E-state index in [9.17, 15) is 9.59 Å². The second-order valence-electron chi connectivity index (χ2n) is 4.58. The Kier molecular flexibility index (Phi) is 4.74. The van der Waals surface area contributed by atoms with Crippen molar-refractivity contribution in [2.75, 3.05) is 0 Å². The van der Waals surface area contributed by atoms with E-state index in [-0.39, 0.29) is 17.3 Å². The Balaban J connectivity index is 2.03. The van der Waals surface area contributed by atoms with Crippen molar-refractivity contribution in [3.8, 4) is 0 Å². The van der Waals surface area contributed by atoms with Gasteiger partial charge in [0, 0.05) is 4.88 Å². The molecule has 0 aliphatic heterocycles. The molecule has 2 aromatic heterocycles. The third-order valence-corrected chi connectivity index (χ3v) is 5.53. The third-order valence-electron chi connectivity index (χ3n) is 3.00. The van der Waals surface area contributed by atoms with Gasteiger partial charge in [0.2, 0.25) is 0 Å². The van der Waals surface area contributed by atoms with Gasteiger partial charge < -0.3 is 10.4 Å². The summed E-state index contributed by atoms with van der Waals surface area (Å²) < 4.78 is 0. The van der Waals surface area contributed by atoms with E-state index in [1.807, 2.05) is 13.0 Å². The van der Waals surface area contributed by atoms with Gasteiger partial charge in [-0.2, -0.15) is 0 Å². The van der Waals surface area contributed by atoms with Crippen molar-refractivity contribution in [2.45, 2.75) is 33.7 Å². The van der Waals surface area contributed by atoms with Crippen molar-refractivity contribution in [3.63, 3.8) is 0 Å². The minimum absolute atomic E-state index is 0.146. The summed E-state index contributed by atoms with van der Waals surface area (Å²) in [5.74, 6) is -1.13. The largest absolute Gasteiger partial charge is 0.477 e. The molecule has 0 saturated heterocycles. The molecule has 2 rings (SSSR count). The van der Waals surface area contributed by atoms with E-state index in [2.05, 4.69) is 17.2 Å². The molecule has 7 heteroatoms. The molecule has 2 heterocycles. The van der Waals surface area contributed by atoms with Crippen LogP contribution >= 0.6 is 22.7 Å². The van der Waals surface area contributed by atoms with E-state index in [0.717, 1.165) is 23.3 Å². The van der Waals surface area contributed by atoms with Crippen LogP contribution in [0.3, 0.4) is 0 Å². The van der Waals surface area contributed by atoms with Gasteiger partial charge in [0.1, 0.15) is 9.88 Å². The Labute approximate surface area is 130 Å². The highest BCUT2D eigenvalue weighted by Gasteiger charge is 2.15. The topological polar surface area (TPSA) is 79.3 Å². The van der Waals surface area contributed by atoms with Gasteiger partial charge in [-0.05, 0) is 31.9 Å². The van der Waals surface area contributed by atoms with Crippen molar-refractivity contribution >= 4 is 34.6 Å². The maximum absolute atomic E-state index is 12.1. The number of aryl methyl sites for hydroxylation is 3.